The highest BCUT2D eigenvalue weighted by Crippen LogP contribution is 2.47. The fourth-order valence-corrected chi connectivity index (χ4v) is 4.36. The van der Waals surface area contributed by atoms with Crippen molar-refractivity contribution in [1.82, 2.24) is 19.5 Å². The van der Waals surface area contributed by atoms with Crippen molar-refractivity contribution in [2.24, 2.45) is 0 Å². The van der Waals surface area contributed by atoms with E-state index in [2.05, 4.69) is 19.5 Å². The van der Waals surface area contributed by atoms with Gasteiger partial charge < -0.3 is 50.5 Å². The van der Waals surface area contributed by atoms with E-state index in [1.165, 1.54) is 0 Å². The number of phosphoric ester groups is 1. The molecule has 0 radical (unpaired) electrons. The van der Waals surface area contributed by atoms with Crippen LogP contribution in [-0.2, 0) is 18.6 Å². The standard InChI is InChI=1S/C15H22N5O11P/c16-12-7-13(18-3-17-12)20(4-19-7)14-15(25,11-9(23)8(22)5(1-21)30-11)10(24)6(31-14)2-29-32(26,27)28/h3-6,8-11,14,21-25H,1-2H2,(H2,16,17,18)(H2,26,27,28)/t5-,6-,8-,9-,10-,11-,14-,15+/m1/s1. The maximum absolute atomic E-state index is 11.6. The molecule has 0 unspecified atom stereocenters. The average Bonchev–Trinajstić information content (AvgIpc) is 3.36. The second-order valence-corrected chi connectivity index (χ2v) is 8.73. The molecule has 0 bridgehead atoms. The summed E-state index contributed by atoms with van der Waals surface area (Å²) >= 11 is 0. The number of aromatic nitrogens is 4. The second-order valence-electron chi connectivity index (χ2n) is 7.49. The van der Waals surface area contributed by atoms with E-state index < -0.39 is 69.5 Å². The zero-order valence-corrected chi connectivity index (χ0v) is 17.1. The number of aliphatic hydroxyl groups excluding tert-OH is 4. The first-order chi connectivity index (χ1) is 15.0. The normalized spacial score (nSPS) is 38.0. The van der Waals surface area contributed by atoms with Crippen LogP contribution in [0.3, 0.4) is 0 Å². The van der Waals surface area contributed by atoms with Crippen molar-refractivity contribution in [2.45, 2.75) is 48.5 Å². The fraction of sp³-hybridized carbons (Fsp3) is 0.667. The summed E-state index contributed by atoms with van der Waals surface area (Å²) in [6, 6.07) is 0. The van der Waals surface area contributed by atoms with Crippen LogP contribution in [0, 0.1) is 0 Å². The first-order valence-electron chi connectivity index (χ1n) is 9.30. The van der Waals surface area contributed by atoms with Crippen LogP contribution >= 0.6 is 7.82 Å². The van der Waals surface area contributed by atoms with Crippen LogP contribution < -0.4 is 5.73 Å². The van der Waals surface area contributed by atoms with Crippen molar-refractivity contribution in [1.29, 1.82) is 0 Å². The Morgan fingerprint density at radius 1 is 1.16 bits per heavy atom. The SMILES string of the molecule is Nc1ncnc2c1ncn2[C@@H]1O[C@H](COP(=O)(O)O)[C@@H](O)[C@]1(O)[C@@H]1O[C@H](CO)[C@@H](O)[C@H]1O. The second kappa shape index (κ2) is 8.19. The molecule has 2 aliphatic rings. The summed E-state index contributed by atoms with van der Waals surface area (Å²) in [5, 5.41) is 52.5. The van der Waals surface area contributed by atoms with Gasteiger partial charge in [0.2, 0.25) is 0 Å². The van der Waals surface area contributed by atoms with Gasteiger partial charge in [-0.25, -0.2) is 19.5 Å². The van der Waals surface area contributed by atoms with Gasteiger partial charge in [0.05, 0.1) is 19.5 Å². The molecular weight excluding hydrogens is 457 g/mol. The Bertz CT molecular complexity index is 1030. The third-order valence-corrected chi connectivity index (χ3v) is 6.06. The highest BCUT2D eigenvalue weighted by atomic mass is 31.2. The predicted octanol–water partition coefficient (Wildman–Crippen LogP) is -4.01. The first kappa shape index (κ1) is 23.3. The van der Waals surface area contributed by atoms with Crippen LogP contribution in [0.25, 0.3) is 11.2 Å². The molecule has 16 nitrogen and oxygen atoms in total. The van der Waals surface area contributed by atoms with Crippen LogP contribution in [0.15, 0.2) is 12.7 Å². The molecule has 4 rings (SSSR count). The number of phosphoric acid groups is 1. The maximum atomic E-state index is 11.6. The molecule has 9 N–H and O–H groups in total. The molecule has 2 aliphatic heterocycles. The summed E-state index contributed by atoms with van der Waals surface area (Å²) in [6.45, 7) is -1.54. The average molecular weight is 479 g/mol. The lowest BCUT2D eigenvalue weighted by molar-refractivity contribution is -0.200. The van der Waals surface area contributed by atoms with Crippen molar-refractivity contribution in [3.63, 3.8) is 0 Å². The summed E-state index contributed by atoms with van der Waals surface area (Å²) in [5.74, 6) is 0.00476. The number of imidazole rings is 1. The van der Waals surface area contributed by atoms with Gasteiger partial charge in [-0.15, -0.1) is 0 Å². The third kappa shape index (κ3) is 3.68. The minimum Gasteiger partial charge on any atom is -0.394 e. The largest absolute Gasteiger partial charge is 0.469 e. The minimum absolute atomic E-state index is 0.00476. The van der Waals surface area contributed by atoms with E-state index in [-0.39, 0.29) is 17.0 Å². The van der Waals surface area contributed by atoms with Crippen molar-refractivity contribution in [3.8, 4) is 0 Å². The van der Waals surface area contributed by atoms with E-state index in [1.54, 1.807) is 0 Å². The molecule has 0 aromatic carbocycles. The van der Waals surface area contributed by atoms with Crippen LogP contribution in [0.1, 0.15) is 6.23 Å². The van der Waals surface area contributed by atoms with Gasteiger partial charge in [-0.3, -0.25) is 9.09 Å². The lowest BCUT2D eigenvalue weighted by Crippen LogP contribution is -2.59. The van der Waals surface area contributed by atoms with Crippen molar-refractivity contribution >= 4 is 24.8 Å². The Balaban J connectivity index is 1.78. The first-order valence-corrected chi connectivity index (χ1v) is 10.8. The van der Waals surface area contributed by atoms with E-state index in [0.717, 1.165) is 17.2 Å². The van der Waals surface area contributed by atoms with Gasteiger partial charge in [0.15, 0.2) is 23.3 Å². The molecule has 0 amide bonds. The number of nitrogen functional groups attached to an aromatic ring is 1. The highest BCUT2D eigenvalue weighted by molar-refractivity contribution is 7.46. The Labute approximate surface area is 179 Å². The maximum Gasteiger partial charge on any atom is 0.469 e. The van der Waals surface area contributed by atoms with Crippen LogP contribution in [0.4, 0.5) is 5.82 Å². The van der Waals surface area contributed by atoms with Crippen molar-refractivity contribution in [3.05, 3.63) is 12.7 Å². The molecule has 32 heavy (non-hydrogen) atoms. The Morgan fingerprint density at radius 3 is 2.50 bits per heavy atom. The summed E-state index contributed by atoms with van der Waals surface area (Å²) in [6.07, 6.45) is -9.16. The number of anilines is 1. The van der Waals surface area contributed by atoms with Crippen molar-refractivity contribution < 1.29 is 53.9 Å². The Morgan fingerprint density at radius 2 is 1.88 bits per heavy atom. The number of fused-ring (bicyclic) bond motifs is 1. The molecule has 17 heteroatoms. The molecule has 2 aromatic rings. The monoisotopic (exact) mass is 479 g/mol. The van der Waals surface area contributed by atoms with E-state index in [9.17, 15) is 30.1 Å². The molecule has 0 aliphatic carbocycles. The topological polar surface area (TPSA) is 256 Å². The smallest absolute Gasteiger partial charge is 0.394 e. The lowest BCUT2D eigenvalue weighted by Gasteiger charge is -2.37. The quantitative estimate of drug-likeness (QED) is 0.184. The van der Waals surface area contributed by atoms with E-state index in [1.807, 2.05) is 0 Å². The zero-order chi connectivity index (χ0) is 23.4. The molecular formula is C15H22N5O11P. The Hall–Kier alpha value is -1.82. The lowest BCUT2D eigenvalue weighted by atomic mass is 9.84. The van der Waals surface area contributed by atoms with Gasteiger partial charge in [0.25, 0.3) is 0 Å². The molecule has 0 spiro atoms. The van der Waals surface area contributed by atoms with Gasteiger partial charge in [-0.05, 0) is 0 Å². The van der Waals surface area contributed by atoms with Gasteiger partial charge >= 0.3 is 7.82 Å². The number of rotatable bonds is 6. The fourth-order valence-electron chi connectivity index (χ4n) is 4.01. The molecule has 2 aromatic heterocycles. The van der Waals surface area contributed by atoms with Gasteiger partial charge in [-0.2, -0.15) is 0 Å². The van der Waals surface area contributed by atoms with E-state index in [4.69, 9.17) is 25.0 Å². The molecule has 178 valence electrons. The summed E-state index contributed by atoms with van der Waals surface area (Å²) < 4.78 is 27.8. The number of hydrogen-bond acceptors (Lipinski definition) is 13. The summed E-state index contributed by atoms with van der Waals surface area (Å²) in [5.41, 5.74) is 3.44. The van der Waals surface area contributed by atoms with Crippen LogP contribution in [0.5, 0.6) is 0 Å². The van der Waals surface area contributed by atoms with E-state index >= 15 is 0 Å². The van der Waals surface area contributed by atoms with Gasteiger partial charge in [-0.1, -0.05) is 0 Å². The van der Waals surface area contributed by atoms with Crippen LogP contribution in [-0.4, -0.2) is 110 Å². The van der Waals surface area contributed by atoms with Gasteiger partial charge in [0.1, 0.15) is 48.5 Å². The molecule has 2 fully saturated rings. The van der Waals surface area contributed by atoms with Gasteiger partial charge in [0, 0.05) is 0 Å². The number of hydrogen-bond donors (Lipinski definition) is 8. The number of nitrogens with zero attached hydrogens (tertiary/aromatic N) is 4. The highest BCUT2D eigenvalue weighted by Gasteiger charge is 2.66. The zero-order valence-electron chi connectivity index (χ0n) is 16.2. The third-order valence-electron chi connectivity index (χ3n) is 5.57. The van der Waals surface area contributed by atoms with E-state index in [0.29, 0.717) is 0 Å². The molecule has 8 atom stereocenters. The minimum atomic E-state index is -4.96. The number of ether oxygens (including phenoxy) is 2. The molecule has 4 heterocycles. The number of aliphatic hydroxyl groups is 5. The summed E-state index contributed by atoms with van der Waals surface area (Å²) in [7, 11) is -4.96. The summed E-state index contributed by atoms with van der Waals surface area (Å²) in [4.78, 5) is 29.8. The molecule has 0 saturated carbocycles. The Kier molecular flexibility index (Phi) is 5.98. The van der Waals surface area contributed by atoms with Crippen LogP contribution in [0.2, 0.25) is 0 Å². The number of nitrogens with two attached hydrogens (primary N) is 1. The molecule has 2 saturated heterocycles. The van der Waals surface area contributed by atoms with Crippen molar-refractivity contribution in [2.75, 3.05) is 18.9 Å². The predicted molar refractivity (Wildman–Crippen MR) is 100 cm³/mol.